The molecule has 4 aromatic carbocycles. The molecule has 0 fully saturated rings. The Morgan fingerprint density at radius 2 is 1.16 bits per heavy atom. The van der Waals surface area contributed by atoms with E-state index in [2.05, 4.69) is 52.5 Å². The van der Waals surface area contributed by atoms with E-state index >= 15 is 0 Å². The van der Waals surface area contributed by atoms with Gasteiger partial charge < -0.3 is 4.57 Å². The molecule has 3 aromatic heterocycles. The second-order valence-corrected chi connectivity index (χ2v) is 9.51. The maximum Gasteiger partial charge on any atom is 0.164 e. The molecule has 180 valence electrons. The fourth-order valence-electron chi connectivity index (χ4n) is 4.82. The van der Waals surface area contributed by atoms with E-state index in [0.717, 1.165) is 49.2 Å². The third-order valence-corrected chi connectivity index (χ3v) is 6.84. The minimum Gasteiger partial charge on any atom is -0.308 e. The quantitative estimate of drug-likeness (QED) is 0.249. The van der Waals surface area contributed by atoms with Crippen molar-refractivity contribution >= 4 is 34.6 Å². The molecular formula is C32H21N5S. The van der Waals surface area contributed by atoms with Crippen molar-refractivity contribution in [3.05, 3.63) is 121 Å². The van der Waals surface area contributed by atoms with E-state index in [1.807, 2.05) is 91.1 Å². The van der Waals surface area contributed by atoms with Crippen LogP contribution in [0.2, 0.25) is 0 Å². The Labute approximate surface area is 224 Å². The number of nitrogens with zero attached hydrogens (tertiary/aromatic N) is 5. The van der Waals surface area contributed by atoms with Crippen LogP contribution in [0, 0.1) is 0 Å². The van der Waals surface area contributed by atoms with Gasteiger partial charge in [-0.25, -0.2) is 15.0 Å². The van der Waals surface area contributed by atoms with Crippen LogP contribution in [0.1, 0.15) is 0 Å². The average Bonchev–Trinajstić information content (AvgIpc) is 3.31. The number of pyridine rings is 1. The number of aromatic nitrogens is 5. The fourth-order valence-corrected chi connectivity index (χ4v) is 5.03. The molecule has 0 atom stereocenters. The van der Waals surface area contributed by atoms with Crippen molar-refractivity contribution < 1.29 is 0 Å². The van der Waals surface area contributed by atoms with Crippen molar-refractivity contribution in [3.8, 4) is 39.9 Å². The molecule has 6 heteroatoms. The zero-order chi connectivity index (χ0) is 25.5. The second kappa shape index (κ2) is 9.25. The molecule has 5 nitrogen and oxygen atoms in total. The number of fused-ring (bicyclic) bond motifs is 3. The van der Waals surface area contributed by atoms with Gasteiger partial charge in [0.15, 0.2) is 17.5 Å². The summed E-state index contributed by atoms with van der Waals surface area (Å²) in [5.74, 6) is 1.90. The molecule has 0 bridgehead atoms. The monoisotopic (exact) mass is 507 g/mol. The fraction of sp³-hybridized carbons (Fsp3) is 0. The summed E-state index contributed by atoms with van der Waals surface area (Å²) in [6.07, 6.45) is 1.83. The first-order chi connectivity index (χ1) is 18.7. The number of hydrogen-bond donors (Lipinski definition) is 1. The molecule has 0 aliphatic rings. The summed E-state index contributed by atoms with van der Waals surface area (Å²) in [6, 6.07) is 38.6. The van der Waals surface area contributed by atoms with Gasteiger partial charge in [0, 0.05) is 38.9 Å². The second-order valence-electron chi connectivity index (χ2n) is 9.00. The normalized spacial score (nSPS) is 11.3. The molecule has 3 heterocycles. The Balaban J connectivity index is 1.44. The Morgan fingerprint density at radius 1 is 0.526 bits per heavy atom. The average molecular weight is 508 g/mol. The van der Waals surface area contributed by atoms with Gasteiger partial charge in [0.25, 0.3) is 0 Å². The van der Waals surface area contributed by atoms with Gasteiger partial charge in [-0.1, -0.05) is 72.8 Å². The van der Waals surface area contributed by atoms with Crippen molar-refractivity contribution in [1.82, 2.24) is 24.5 Å². The highest BCUT2D eigenvalue weighted by Crippen LogP contribution is 2.33. The molecule has 38 heavy (non-hydrogen) atoms. The number of rotatable bonds is 4. The van der Waals surface area contributed by atoms with E-state index in [-0.39, 0.29) is 0 Å². The highest BCUT2D eigenvalue weighted by atomic mass is 32.1. The van der Waals surface area contributed by atoms with Gasteiger partial charge in [-0.3, -0.25) is 4.98 Å². The van der Waals surface area contributed by atoms with Gasteiger partial charge in [-0.15, -0.1) is 12.6 Å². The van der Waals surface area contributed by atoms with E-state index in [1.54, 1.807) is 0 Å². The molecule has 0 radical (unpaired) electrons. The number of thiol groups is 1. The van der Waals surface area contributed by atoms with Crippen LogP contribution in [-0.4, -0.2) is 24.5 Å². The van der Waals surface area contributed by atoms with Crippen LogP contribution in [-0.2, 0) is 0 Å². The maximum absolute atomic E-state index is 4.90. The molecular weight excluding hydrogens is 486 g/mol. The molecule has 0 saturated carbocycles. The lowest BCUT2D eigenvalue weighted by Crippen LogP contribution is -2.01. The maximum atomic E-state index is 4.90. The molecule has 7 rings (SSSR count). The topological polar surface area (TPSA) is 56.5 Å². The van der Waals surface area contributed by atoms with Gasteiger partial charge in [0.05, 0.1) is 16.6 Å². The van der Waals surface area contributed by atoms with Crippen molar-refractivity contribution in [3.63, 3.8) is 0 Å². The summed E-state index contributed by atoms with van der Waals surface area (Å²) in [6.45, 7) is 0. The predicted molar refractivity (Wildman–Crippen MR) is 156 cm³/mol. The van der Waals surface area contributed by atoms with Crippen LogP contribution in [0.15, 0.2) is 126 Å². The van der Waals surface area contributed by atoms with Crippen LogP contribution >= 0.6 is 12.6 Å². The first-order valence-corrected chi connectivity index (χ1v) is 12.8. The summed E-state index contributed by atoms with van der Waals surface area (Å²) >= 11 is 4.57. The minimum absolute atomic E-state index is 0.621. The number of benzene rings is 4. The van der Waals surface area contributed by atoms with Crippen molar-refractivity contribution in [2.24, 2.45) is 0 Å². The molecule has 0 aliphatic carbocycles. The third kappa shape index (κ3) is 3.92. The molecule has 0 unspecified atom stereocenters. The summed E-state index contributed by atoms with van der Waals surface area (Å²) < 4.78 is 2.23. The van der Waals surface area contributed by atoms with Gasteiger partial charge >= 0.3 is 0 Å². The summed E-state index contributed by atoms with van der Waals surface area (Å²) in [5.41, 5.74) is 6.85. The smallest absolute Gasteiger partial charge is 0.164 e. The highest BCUT2D eigenvalue weighted by molar-refractivity contribution is 7.80. The Bertz CT molecular complexity index is 1870. The molecule has 0 saturated heterocycles. The first-order valence-electron chi connectivity index (χ1n) is 12.3. The number of hydrogen-bond acceptors (Lipinski definition) is 5. The van der Waals surface area contributed by atoms with Crippen LogP contribution in [0.4, 0.5) is 0 Å². The van der Waals surface area contributed by atoms with Crippen LogP contribution < -0.4 is 0 Å². The lowest BCUT2D eigenvalue weighted by Gasteiger charge is -2.11. The zero-order valence-corrected chi connectivity index (χ0v) is 21.1. The third-order valence-electron chi connectivity index (χ3n) is 6.57. The van der Waals surface area contributed by atoms with Gasteiger partial charge in [-0.2, -0.15) is 0 Å². The molecule has 0 spiro atoms. The summed E-state index contributed by atoms with van der Waals surface area (Å²) in [7, 11) is 0. The molecule has 7 aromatic rings. The summed E-state index contributed by atoms with van der Waals surface area (Å²) in [4.78, 5) is 20.2. The lowest BCUT2D eigenvalue weighted by atomic mass is 10.1. The summed E-state index contributed by atoms with van der Waals surface area (Å²) in [5, 5.41) is 1.07. The van der Waals surface area contributed by atoms with Gasteiger partial charge in [0.1, 0.15) is 0 Å². The molecule has 0 N–H and O–H groups in total. The van der Waals surface area contributed by atoms with Crippen LogP contribution in [0.25, 0.3) is 61.8 Å². The standard InChI is InChI=1S/C32H21N5S/c38-25-16-17-27-26(20-25)29-28(15-8-18-33-29)37(27)24-14-7-13-23(19-24)32-35-30(21-9-3-1-4-10-21)34-31(36-32)22-11-5-2-6-12-22/h1-20,38H. The minimum atomic E-state index is 0.621. The van der Waals surface area contributed by atoms with Crippen molar-refractivity contribution in [2.45, 2.75) is 4.90 Å². The highest BCUT2D eigenvalue weighted by Gasteiger charge is 2.16. The van der Waals surface area contributed by atoms with E-state index < -0.39 is 0 Å². The van der Waals surface area contributed by atoms with E-state index in [9.17, 15) is 0 Å². The van der Waals surface area contributed by atoms with Crippen LogP contribution in [0.3, 0.4) is 0 Å². The predicted octanol–water partition coefficient (Wildman–Crippen LogP) is 7.65. The van der Waals surface area contributed by atoms with Crippen molar-refractivity contribution in [1.29, 1.82) is 0 Å². The van der Waals surface area contributed by atoms with Gasteiger partial charge in [0.2, 0.25) is 0 Å². The SMILES string of the molecule is Sc1ccc2c(c1)c1ncccc1n2-c1cccc(-c2nc(-c3ccccc3)nc(-c3ccccc3)n2)c1. The molecule has 0 aliphatic heterocycles. The van der Waals surface area contributed by atoms with E-state index in [0.29, 0.717) is 17.5 Å². The Morgan fingerprint density at radius 3 is 1.84 bits per heavy atom. The van der Waals surface area contributed by atoms with Crippen LogP contribution in [0.5, 0.6) is 0 Å². The van der Waals surface area contributed by atoms with E-state index in [4.69, 9.17) is 15.0 Å². The largest absolute Gasteiger partial charge is 0.308 e. The Kier molecular flexibility index (Phi) is 5.45. The zero-order valence-electron chi connectivity index (χ0n) is 20.2. The van der Waals surface area contributed by atoms with E-state index in [1.165, 1.54) is 0 Å². The van der Waals surface area contributed by atoms with Crippen molar-refractivity contribution in [2.75, 3.05) is 0 Å². The first kappa shape index (κ1) is 22.4. The van der Waals surface area contributed by atoms with Gasteiger partial charge in [-0.05, 0) is 42.5 Å². The lowest BCUT2D eigenvalue weighted by molar-refractivity contribution is 1.07. The Hall–Kier alpha value is -4.81. The molecule has 0 amide bonds.